The van der Waals surface area contributed by atoms with Gasteiger partial charge in [-0.25, -0.2) is 0 Å². The van der Waals surface area contributed by atoms with Crippen LogP contribution in [0.2, 0.25) is 0 Å². The van der Waals surface area contributed by atoms with Crippen molar-refractivity contribution in [2.75, 3.05) is 6.61 Å². The Morgan fingerprint density at radius 1 is 1.57 bits per heavy atom. The van der Waals surface area contributed by atoms with E-state index in [1.807, 2.05) is 6.92 Å². The molecule has 0 aliphatic rings. The number of hydrogen-bond donors (Lipinski definition) is 2. The Labute approximate surface area is 73.5 Å². The van der Waals surface area contributed by atoms with E-state index in [2.05, 4.69) is 0 Å². The maximum atomic E-state index is 8.42. The topological polar surface area (TPSA) is 40.5 Å². The van der Waals surface area contributed by atoms with E-state index in [4.69, 9.17) is 10.2 Å². The number of rotatable bonds is 2. The molecule has 0 aromatic rings. The van der Waals surface area contributed by atoms with Gasteiger partial charge in [0.05, 0.1) is 12.7 Å². The molecule has 0 radical (unpaired) electrons. The molecule has 0 bridgehead atoms. The molecule has 7 heavy (non-hydrogen) atoms. The number of aliphatic hydroxyl groups is 2. The first-order valence-electron chi connectivity index (χ1n) is 2.10. The fraction of sp³-hybridized carbons (Fsp3) is 1.00. The van der Waals surface area contributed by atoms with Crippen molar-refractivity contribution in [1.82, 2.24) is 0 Å². The molecule has 0 aliphatic heterocycles. The first-order chi connectivity index (χ1) is 2.81. The van der Waals surface area contributed by atoms with Crippen molar-refractivity contribution in [3.8, 4) is 0 Å². The third-order valence-electron chi connectivity index (χ3n) is 0.682. The monoisotopic (exact) mass is 132 g/mol. The van der Waals surface area contributed by atoms with Gasteiger partial charge >= 0.3 is 37.7 Å². The SMILES string of the molecule is CCC(O)CO.[CaH2]. The number of aliphatic hydroxyl groups excluding tert-OH is 2. The summed E-state index contributed by atoms with van der Waals surface area (Å²) in [5.74, 6) is 0. The van der Waals surface area contributed by atoms with E-state index in [1.54, 1.807) is 0 Å². The zero-order valence-corrected chi connectivity index (χ0v) is 3.89. The van der Waals surface area contributed by atoms with Gasteiger partial charge in [0.15, 0.2) is 0 Å². The van der Waals surface area contributed by atoms with Gasteiger partial charge < -0.3 is 10.2 Å². The second-order valence-corrected chi connectivity index (χ2v) is 1.24. The van der Waals surface area contributed by atoms with Crippen LogP contribution in [0.4, 0.5) is 0 Å². The fourth-order valence-electron chi connectivity index (χ4n) is 0.129. The molecule has 2 nitrogen and oxygen atoms in total. The van der Waals surface area contributed by atoms with Crippen LogP contribution in [0, 0.1) is 0 Å². The van der Waals surface area contributed by atoms with E-state index in [0.717, 1.165) is 0 Å². The van der Waals surface area contributed by atoms with E-state index in [0.29, 0.717) is 6.42 Å². The summed E-state index contributed by atoms with van der Waals surface area (Å²) in [6.07, 6.45) is 0.126. The summed E-state index contributed by atoms with van der Waals surface area (Å²) in [6.45, 7) is 1.71. The molecule has 0 amide bonds. The van der Waals surface area contributed by atoms with Crippen LogP contribution in [0.25, 0.3) is 0 Å². The molecule has 0 fully saturated rings. The maximum absolute atomic E-state index is 8.42. The van der Waals surface area contributed by atoms with Gasteiger partial charge in [0.1, 0.15) is 0 Å². The molecule has 0 heterocycles. The van der Waals surface area contributed by atoms with Crippen LogP contribution in [0.15, 0.2) is 0 Å². The average molecular weight is 132 g/mol. The predicted octanol–water partition coefficient (Wildman–Crippen LogP) is -1.17. The van der Waals surface area contributed by atoms with Gasteiger partial charge in [-0.15, -0.1) is 0 Å². The molecule has 0 saturated carbocycles. The van der Waals surface area contributed by atoms with E-state index < -0.39 is 6.10 Å². The van der Waals surface area contributed by atoms with Crippen molar-refractivity contribution < 1.29 is 10.2 Å². The molecular formula is C4H12CaO2. The Balaban J connectivity index is 0. The molecule has 1 unspecified atom stereocenters. The van der Waals surface area contributed by atoms with Crippen molar-refractivity contribution in [3.63, 3.8) is 0 Å². The standard InChI is InChI=1S/C4H10O2.Ca.2H/c1-2-4(6)3-5;;;/h4-6H,2-3H2,1H3;;;. The van der Waals surface area contributed by atoms with Gasteiger partial charge in [0.2, 0.25) is 0 Å². The fourth-order valence-corrected chi connectivity index (χ4v) is 0.129. The summed E-state index contributed by atoms with van der Waals surface area (Å²) < 4.78 is 0. The first-order valence-corrected chi connectivity index (χ1v) is 2.10. The molecule has 42 valence electrons. The van der Waals surface area contributed by atoms with Gasteiger partial charge in [-0.1, -0.05) is 6.92 Å². The van der Waals surface area contributed by atoms with Crippen LogP contribution in [-0.4, -0.2) is 60.7 Å². The van der Waals surface area contributed by atoms with Gasteiger partial charge in [0.25, 0.3) is 0 Å². The summed E-state index contributed by atoms with van der Waals surface area (Å²) in [7, 11) is 0. The zero-order chi connectivity index (χ0) is 4.99. The zero-order valence-electron chi connectivity index (χ0n) is 3.89. The normalized spacial score (nSPS) is 12.4. The van der Waals surface area contributed by atoms with Crippen LogP contribution >= 0.6 is 0 Å². The first kappa shape index (κ1) is 11.0. The minimum atomic E-state index is -0.509. The Kier molecular flexibility index (Phi) is 11.3. The molecule has 0 saturated heterocycles. The summed E-state index contributed by atoms with van der Waals surface area (Å²) in [5, 5.41) is 16.5. The van der Waals surface area contributed by atoms with Crippen molar-refractivity contribution in [2.24, 2.45) is 0 Å². The summed E-state index contributed by atoms with van der Waals surface area (Å²) >= 11 is 0. The van der Waals surface area contributed by atoms with Crippen molar-refractivity contribution >= 4 is 37.7 Å². The van der Waals surface area contributed by atoms with E-state index in [1.165, 1.54) is 0 Å². The van der Waals surface area contributed by atoms with E-state index >= 15 is 0 Å². The van der Waals surface area contributed by atoms with Crippen molar-refractivity contribution in [3.05, 3.63) is 0 Å². The number of hydrogen-bond acceptors (Lipinski definition) is 2. The Bertz CT molecular complexity index is 28.9. The summed E-state index contributed by atoms with van der Waals surface area (Å²) in [6, 6.07) is 0. The van der Waals surface area contributed by atoms with Gasteiger partial charge in [-0.3, -0.25) is 0 Å². The van der Waals surface area contributed by atoms with Gasteiger partial charge in [0, 0.05) is 0 Å². The van der Waals surface area contributed by atoms with Crippen LogP contribution in [-0.2, 0) is 0 Å². The Hall–Kier alpha value is 1.18. The van der Waals surface area contributed by atoms with Crippen LogP contribution in [0.1, 0.15) is 13.3 Å². The van der Waals surface area contributed by atoms with E-state index in [9.17, 15) is 0 Å². The third-order valence-corrected chi connectivity index (χ3v) is 0.682. The minimum absolute atomic E-state index is 0. The average Bonchev–Trinajstić information content (AvgIpc) is 1.65. The van der Waals surface area contributed by atoms with Crippen LogP contribution < -0.4 is 0 Å². The molecule has 0 rings (SSSR count). The second kappa shape index (κ2) is 7.18. The van der Waals surface area contributed by atoms with Gasteiger partial charge in [-0.05, 0) is 6.42 Å². The van der Waals surface area contributed by atoms with E-state index in [-0.39, 0.29) is 44.3 Å². The molecule has 0 aromatic heterocycles. The quantitative estimate of drug-likeness (QED) is 0.465. The van der Waals surface area contributed by atoms with Crippen molar-refractivity contribution in [2.45, 2.75) is 19.4 Å². The molecule has 2 N–H and O–H groups in total. The predicted molar refractivity (Wildman–Crippen MR) is 31.9 cm³/mol. The molecule has 0 spiro atoms. The van der Waals surface area contributed by atoms with Gasteiger partial charge in [-0.2, -0.15) is 0 Å². The molecule has 3 heteroatoms. The van der Waals surface area contributed by atoms with Crippen molar-refractivity contribution in [1.29, 1.82) is 0 Å². The Morgan fingerprint density at radius 3 is 2.00 bits per heavy atom. The third kappa shape index (κ3) is 7.18. The summed E-state index contributed by atoms with van der Waals surface area (Å²) in [4.78, 5) is 0. The summed E-state index contributed by atoms with van der Waals surface area (Å²) in [5.41, 5.74) is 0. The molecule has 0 aliphatic carbocycles. The molecule has 0 aromatic carbocycles. The Morgan fingerprint density at radius 2 is 2.00 bits per heavy atom. The molecular weight excluding hydrogens is 120 g/mol. The second-order valence-electron chi connectivity index (χ2n) is 1.24. The molecule has 1 atom stereocenters. The van der Waals surface area contributed by atoms with Crippen LogP contribution in [0.5, 0.6) is 0 Å². The van der Waals surface area contributed by atoms with Crippen LogP contribution in [0.3, 0.4) is 0 Å².